The van der Waals surface area contributed by atoms with E-state index in [1.165, 1.54) is 11.3 Å². The summed E-state index contributed by atoms with van der Waals surface area (Å²) in [7, 11) is 0. The second kappa shape index (κ2) is 4.72. The molecule has 0 unspecified atom stereocenters. The molecule has 0 atom stereocenters. The van der Waals surface area contributed by atoms with Gasteiger partial charge in [0.2, 0.25) is 5.95 Å². The van der Waals surface area contributed by atoms with E-state index < -0.39 is 0 Å². The van der Waals surface area contributed by atoms with Gasteiger partial charge in [0.1, 0.15) is 10.7 Å². The highest BCUT2D eigenvalue weighted by atomic mass is 32.1. The van der Waals surface area contributed by atoms with Crippen LogP contribution >= 0.6 is 23.6 Å². The zero-order valence-electron chi connectivity index (χ0n) is 9.39. The Morgan fingerprint density at radius 3 is 2.65 bits per heavy atom. The summed E-state index contributed by atoms with van der Waals surface area (Å²) < 4.78 is 0. The third-order valence-electron chi connectivity index (χ3n) is 1.94. The Kier molecular flexibility index (Phi) is 3.30. The molecule has 2 heterocycles. The molecule has 0 amide bonds. The van der Waals surface area contributed by atoms with Gasteiger partial charge in [-0.25, -0.2) is 15.0 Å². The number of thiocarbonyl (C=S) groups is 1. The molecule has 0 aliphatic carbocycles. The first-order valence-corrected chi connectivity index (χ1v) is 6.18. The fraction of sp³-hybridized carbons (Fsp3) is 0.200. The van der Waals surface area contributed by atoms with E-state index in [0.717, 1.165) is 16.5 Å². The van der Waals surface area contributed by atoms with Gasteiger partial charge in [-0.3, -0.25) is 0 Å². The van der Waals surface area contributed by atoms with Gasteiger partial charge in [0.05, 0.1) is 5.69 Å². The number of hydrogen-bond acceptors (Lipinski definition) is 6. The molecule has 0 spiro atoms. The second-order valence-electron chi connectivity index (χ2n) is 3.50. The van der Waals surface area contributed by atoms with Gasteiger partial charge in [-0.2, -0.15) is 0 Å². The van der Waals surface area contributed by atoms with Crippen molar-refractivity contribution in [3.05, 3.63) is 28.5 Å². The second-order valence-corrected chi connectivity index (χ2v) is 4.80. The Bertz CT molecular complexity index is 564. The molecule has 0 saturated heterocycles. The van der Waals surface area contributed by atoms with Crippen molar-refractivity contribution >= 4 is 39.6 Å². The molecule has 0 radical (unpaired) electrons. The van der Waals surface area contributed by atoms with Crippen molar-refractivity contribution in [1.29, 1.82) is 0 Å². The number of hydrogen-bond donors (Lipinski definition) is 2. The van der Waals surface area contributed by atoms with Crippen LogP contribution in [0.5, 0.6) is 0 Å². The molecule has 0 aliphatic rings. The summed E-state index contributed by atoms with van der Waals surface area (Å²) >= 11 is 6.39. The largest absolute Gasteiger partial charge is 0.388 e. The van der Waals surface area contributed by atoms with Crippen molar-refractivity contribution in [2.45, 2.75) is 13.8 Å². The molecule has 7 heteroatoms. The monoisotopic (exact) mass is 265 g/mol. The lowest BCUT2D eigenvalue weighted by Crippen LogP contribution is -2.13. The normalized spacial score (nSPS) is 10.2. The molecule has 0 saturated carbocycles. The number of aryl methyl sites for hydroxylation is 2. The smallest absolute Gasteiger partial charge is 0.229 e. The van der Waals surface area contributed by atoms with Gasteiger partial charge in [-0.1, -0.05) is 12.2 Å². The topological polar surface area (TPSA) is 76.7 Å². The average Bonchev–Trinajstić information content (AvgIpc) is 2.63. The fourth-order valence-corrected chi connectivity index (χ4v) is 2.04. The Morgan fingerprint density at radius 1 is 1.29 bits per heavy atom. The van der Waals surface area contributed by atoms with Crippen LogP contribution in [0.2, 0.25) is 0 Å². The van der Waals surface area contributed by atoms with Gasteiger partial charge in [0.15, 0.2) is 5.13 Å². The van der Waals surface area contributed by atoms with Gasteiger partial charge in [-0.15, -0.1) is 11.3 Å². The molecule has 0 aromatic carbocycles. The number of thiazole rings is 1. The molecule has 2 rings (SSSR count). The van der Waals surface area contributed by atoms with Gasteiger partial charge >= 0.3 is 0 Å². The van der Waals surface area contributed by atoms with Gasteiger partial charge in [0, 0.05) is 11.1 Å². The third-order valence-corrected chi connectivity index (χ3v) is 3.03. The zero-order valence-corrected chi connectivity index (χ0v) is 11.0. The van der Waals surface area contributed by atoms with E-state index in [9.17, 15) is 0 Å². The summed E-state index contributed by atoms with van der Waals surface area (Å²) in [6.45, 7) is 3.79. The molecule has 0 bridgehead atoms. The molecule has 3 N–H and O–H groups in total. The lowest BCUT2D eigenvalue weighted by Gasteiger charge is -2.04. The minimum Gasteiger partial charge on any atom is -0.388 e. The SMILES string of the molecule is Cc1cc(C(N)=S)nc(Nc2nc(C)cs2)n1. The first-order valence-electron chi connectivity index (χ1n) is 4.89. The summed E-state index contributed by atoms with van der Waals surface area (Å²) in [4.78, 5) is 13.0. The van der Waals surface area contributed by atoms with Crippen molar-refractivity contribution in [2.24, 2.45) is 5.73 Å². The maximum Gasteiger partial charge on any atom is 0.229 e. The Hall–Kier alpha value is -1.60. The van der Waals surface area contributed by atoms with Crippen LogP contribution in [-0.2, 0) is 0 Å². The first kappa shape index (κ1) is 11.9. The number of nitrogens with two attached hydrogens (primary N) is 1. The van der Waals surface area contributed by atoms with Crippen molar-refractivity contribution in [2.75, 3.05) is 5.32 Å². The number of aromatic nitrogens is 3. The highest BCUT2D eigenvalue weighted by molar-refractivity contribution is 7.80. The molecule has 2 aromatic heterocycles. The number of rotatable bonds is 3. The van der Waals surface area contributed by atoms with Crippen LogP contribution in [0.25, 0.3) is 0 Å². The van der Waals surface area contributed by atoms with Crippen LogP contribution in [0, 0.1) is 13.8 Å². The molecular weight excluding hydrogens is 254 g/mol. The Labute approximate surface area is 108 Å². The Balaban J connectivity index is 2.29. The van der Waals surface area contributed by atoms with Crippen LogP contribution in [0.1, 0.15) is 17.1 Å². The van der Waals surface area contributed by atoms with E-state index in [4.69, 9.17) is 18.0 Å². The highest BCUT2D eigenvalue weighted by Gasteiger charge is 2.06. The predicted octanol–water partition coefficient (Wildman–Crippen LogP) is 1.93. The first-order chi connectivity index (χ1) is 8.04. The highest BCUT2D eigenvalue weighted by Crippen LogP contribution is 2.18. The van der Waals surface area contributed by atoms with Crippen molar-refractivity contribution in [1.82, 2.24) is 15.0 Å². The van der Waals surface area contributed by atoms with E-state index in [0.29, 0.717) is 11.6 Å². The van der Waals surface area contributed by atoms with Crippen LogP contribution in [0.4, 0.5) is 11.1 Å². The quantitative estimate of drug-likeness (QED) is 0.826. The van der Waals surface area contributed by atoms with Crippen molar-refractivity contribution in [3.8, 4) is 0 Å². The summed E-state index contributed by atoms with van der Waals surface area (Å²) in [6, 6.07) is 1.75. The van der Waals surface area contributed by atoms with Crippen LogP contribution in [-0.4, -0.2) is 19.9 Å². The summed E-state index contributed by atoms with van der Waals surface area (Å²) in [6.07, 6.45) is 0. The van der Waals surface area contributed by atoms with Crippen molar-refractivity contribution in [3.63, 3.8) is 0 Å². The van der Waals surface area contributed by atoms with E-state index in [1.807, 2.05) is 19.2 Å². The molecule has 0 aliphatic heterocycles. The number of nitrogens with one attached hydrogen (secondary N) is 1. The average molecular weight is 265 g/mol. The maximum absolute atomic E-state index is 5.55. The predicted molar refractivity (Wildman–Crippen MR) is 72.8 cm³/mol. The van der Waals surface area contributed by atoms with E-state index >= 15 is 0 Å². The molecule has 5 nitrogen and oxygen atoms in total. The van der Waals surface area contributed by atoms with Gasteiger partial charge in [-0.05, 0) is 19.9 Å². The molecule has 0 fully saturated rings. The van der Waals surface area contributed by atoms with Crippen molar-refractivity contribution < 1.29 is 0 Å². The molecule has 2 aromatic rings. The summed E-state index contributed by atoms with van der Waals surface area (Å²) in [5.74, 6) is 0.460. The van der Waals surface area contributed by atoms with E-state index in [1.54, 1.807) is 6.07 Å². The van der Waals surface area contributed by atoms with Gasteiger partial charge < -0.3 is 11.1 Å². The number of nitrogens with zero attached hydrogens (tertiary/aromatic N) is 3. The molecule has 17 heavy (non-hydrogen) atoms. The lowest BCUT2D eigenvalue weighted by molar-refractivity contribution is 1.09. The van der Waals surface area contributed by atoms with Gasteiger partial charge in [0.25, 0.3) is 0 Å². The standard InChI is InChI=1S/C10H11N5S2/c1-5-3-7(8(11)16)14-9(12-5)15-10-13-6(2)4-17-10/h3-4H,1-2H3,(H2,11,16)(H,12,13,14,15). The number of anilines is 2. The lowest BCUT2D eigenvalue weighted by atomic mass is 10.3. The van der Waals surface area contributed by atoms with Crippen LogP contribution < -0.4 is 11.1 Å². The molecule has 88 valence electrons. The zero-order chi connectivity index (χ0) is 12.4. The van der Waals surface area contributed by atoms with Crippen LogP contribution in [0.15, 0.2) is 11.4 Å². The summed E-state index contributed by atoms with van der Waals surface area (Å²) in [5, 5.41) is 5.73. The fourth-order valence-electron chi connectivity index (χ4n) is 1.26. The maximum atomic E-state index is 5.55. The third kappa shape index (κ3) is 2.95. The van der Waals surface area contributed by atoms with Crippen LogP contribution in [0.3, 0.4) is 0 Å². The minimum atomic E-state index is 0.258. The van der Waals surface area contributed by atoms with E-state index in [2.05, 4.69) is 20.3 Å². The Morgan fingerprint density at radius 2 is 2.06 bits per heavy atom. The van der Waals surface area contributed by atoms with E-state index in [-0.39, 0.29) is 4.99 Å². The minimum absolute atomic E-state index is 0.258. The summed E-state index contributed by atoms with van der Waals surface area (Å²) in [5.41, 5.74) is 7.87. The molecular formula is C10H11N5S2.